The Balaban J connectivity index is 1.63. The summed E-state index contributed by atoms with van der Waals surface area (Å²) in [5.74, 6) is 3.29. The molecule has 4 aliphatic carbocycles. The fraction of sp³-hybridized carbons (Fsp3) is 0.667. The van der Waals surface area contributed by atoms with Crippen molar-refractivity contribution in [3.8, 4) is 0 Å². The number of rotatable bonds is 1. The van der Waals surface area contributed by atoms with E-state index in [4.69, 9.17) is 0 Å². The molecule has 4 fully saturated rings. The van der Waals surface area contributed by atoms with Gasteiger partial charge in [0.05, 0.1) is 0 Å². The van der Waals surface area contributed by atoms with Crippen molar-refractivity contribution in [3.63, 3.8) is 0 Å². The summed E-state index contributed by atoms with van der Waals surface area (Å²) in [5, 5.41) is 0. The van der Waals surface area contributed by atoms with Gasteiger partial charge in [0.1, 0.15) is 0 Å². The van der Waals surface area contributed by atoms with Gasteiger partial charge in [-0.15, -0.1) is 0 Å². The highest BCUT2D eigenvalue weighted by atomic mass is 14.7. The Hall–Kier alpha value is -0.780. The van der Waals surface area contributed by atoms with Crippen LogP contribution in [-0.4, -0.2) is 0 Å². The third kappa shape index (κ3) is 0.974. The van der Waals surface area contributed by atoms with E-state index in [-0.39, 0.29) is 0 Å². The number of fused-ring (bicyclic) bond motifs is 2. The quantitative estimate of drug-likeness (QED) is 0.677. The minimum atomic E-state index is 0.590. The summed E-state index contributed by atoms with van der Waals surface area (Å²) in [5.41, 5.74) is 4.50. The molecule has 0 heterocycles. The average molecular weight is 238 g/mol. The lowest BCUT2D eigenvalue weighted by Gasteiger charge is -2.49. The van der Waals surface area contributed by atoms with Crippen molar-refractivity contribution in [2.45, 2.75) is 50.9 Å². The van der Waals surface area contributed by atoms with Gasteiger partial charge in [0.2, 0.25) is 0 Å². The summed E-state index contributed by atoms with van der Waals surface area (Å²) >= 11 is 0. The molecule has 94 valence electrons. The third-order valence-electron chi connectivity index (χ3n) is 7.13. The van der Waals surface area contributed by atoms with Crippen LogP contribution in [0.1, 0.15) is 49.7 Å². The van der Waals surface area contributed by atoms with Crippen LogP contribution in [0.15, 0.2) is 24.3 Å². The molecule has 0 aliphatic heterocycles. The van der Waals surface area contributed by atoms with Gasteiger partial charge in [-0.05, 0) is 79.6 Å². The van der Waals surface area contributed by atoms with Crippen LogP contribution in [0.5, 0.6) is 0 Å². The lowest BCUT2D eigenvalue weighted by Crippen LogP contribution is -2.42. The predicted octanol–water partition coefficient (Wildman–Crippen LogP) is 4.46. The van der Waals surface area contributed by atoms with Crippen molar-refractivity contribution in [2.75, 3.05) is 0 Å². The minimum Gasteiger partial charge on any atom is -0.0590 e. The molecular weight excluding hydrogens is 216 g/mol. The second kappa shape index (κ2) is 2.86. The molecule has 0 aromatic heterocycles. The minimum absolute atomic E-state index is 0.590. The second-order valence-electron chi connectivity index (χ2n) is 7.90. The summed E-state index contributed by atoms with van der Waals surface area (Å²) < 4.78 is 0. The zero-order valence-corrected chi connectivity index (χ0v) is 11.3. The lowest BCUT2D eigenvalue weighted by atomic mass is 9.55. The molecule has 4 aliphatic rings. The van der Waals surface area contributed by atoms with Crippen LogP contribution in [0.25, 0.3) is 0 Å². The summed E-state index contributed by atoms with van der Waals surface area (Å²) in [6.45, 7) is 2.21. The molecule has 0 nitrogen and oxygen atoms in total. The topological polar surface area (TPSA) is 0 Å². The van der Waals surface area contributed by atoms with Gasteiger partial charge < -0.3 is 0 Å². The normalized spacial score (nSPS) is 51.3. The highest BCUT2D eigenvalue weighted by Crippen LogP contribution is 2.78. The van der Waals surface area contributed by atoms with Gasteiger partial charge in [-0.25, -0.2) is 0 Å². The molecule has 0 heteroatoms. The summed E-state index contributed by atoms with van der Waals surface area (Å²) in [6.07, 6.45) is 9.30. The van der Waals surface area contributed by atoms with Crippen LogP contribution in [0, 0.1) is 30.1 Å². The van der Waals surface area contributed by atoms with Crippen LogP contribution in [-0.2, 0) is 5.41 Å². The highest BCUT2D eigenvalue weighted by Gasteiger charge is 2.70. The molecule has 1 aromatic rings. The summed E-state index contributed by atoms with van der Waals surface area (Å²) in [4.78, 5) is 0. The van der Waals surface area contributed by atoms with E-state index in [1.54, 1.807) is 24.8 Å². The first-order valence-corrected chi connectivity index (χ1v) is 7.77. The largest absolute Gasteiger partial charge is 0.0590 e. The van der Waals surface area contributed by atoms with Crippen molar-refractivity contribution in [1.82, 2.24) is 0 Å². The Labute approximate surface area is 110 Å². The van der Waals surface area contributed by atoms with Gasteiger partial charge in [0.15, 0.2) is 0 Å². The van der Waals surface area contributed by atoms with Gasteiger partial charge in [-0.2, -0.15) is 0 Å². The number of hydrogen-bond donors (Lipinski definition) is 0. The molecular formula is C18H22. The Morgan fingerprint density at radius 2 is 1.78 bits per heavy atom. The van der Waals surface area contributed by atoms with E-state index >= 15 is 0 Å². The monoisotopic (exact) mass is 238 g/mol. The molecule has 0 saturated heterocycles. The molecule has 0 amide bonds. The van der Waals surface area contributed by atoms with Gasteiger partial charge in [-0.3, -0.25) is 0 Å². The third-order valence-corrected chi connectivity index (χ3v) is 7.13. The van der Waals surface area contributed by atoms with Crippen molar-refractivity contribution < 1.29 is 0 Å². The van der Waals surface area contributed by atoms with Crippen molar-refractivity contribution in [1.29, 1.82) is 0 Å². The standard InChI is InChI=1S/C18H22/c1-12-2-4-14(5-3-12)17-8-13-6-15-7-16(10-17)18(15,9-13)11-17/h2-5,13,15-16H,6-11H2,1H3. The predicted molar refractivity (Wildman–Crippen MR) is 73.5 cm³/mol. The van der Waals surface area contributed by atoms with Crippen LogP contribution < -0.4 is 0 Å². The summed E-state index contributed by atoms with van der Waals surface area (Å²) in [6, 6.07) is 9.54. The zero-order valence-electron chi connectivity index (χ0n) is 11.3. The van der Waals surface area contributed by atoms with E-state index in [1.807, 2.05) is 0 Å². The van der Waals surface area contributed by atoms with Crippen LogP contribution >= 0.6 is 0 Å². The van der Waals surface area contributed by atoms with Crippen LogP contribution in [0.3, 0.4) is 0 Å². The van der Waals surface area contributed by atoms with E-state index in [0.29, 0.717) is 5.41 Å². The van der Waals surface area contributed by atoms with Gasteiger partial charge in [0.25, 0.3) is 0 Å². The Kier molecular flexibility index (Phi) is 1.60. The van der Waals surface area contributed by atoms with Crippen LogP contribution in [0.2, 0.25) is 0 Å². The molecule has 0 radical (unpaired) electrons. The van der Waals surface area contributed by atoms with Gasteiger partial charge in [-0.1, -0.05) is 29.8 Å². The Morgan fingerprint density at radius 3 is 2.61 bits per heavy atom. The smallest absolute Gasteiger partial charge is 0.00360 e. The maximum absolute atomic E-state index is 2.44. The SMILES string of the molecule is Cc1ccc(C23CC4CC5CC(C2)C5(C4)C3)cc1. The second-order valence-corrected chi connectivity index (χ2v) is 7.90. The fourth-order valence-electron chi connectivity index (χ4n) is 6.60. The van der Waals surface area contributed by atoms with Gasteiger partial charge >= 0.3 is 0 Å². The van der Waals surface area contributed by atoms with Crippen molar-refractivity contribution in [3.05, 3.63) is 35.4 Å². The molecule has 4 saturated carbocycles. The number of benzene rings is 1. The maximum atomic E-state index is 2.44. The first kappa shape index (κ1) is 10.1. The Bertz CT molecular complexity index is 509. The average Bonchev–Trinajstić information content (AvgIpc) is 2.67. The number of hydrogen-bond acceptors (Lipinski definition) is 0. The van der Waals surface area contributed by atoms with E-state index in [9.17, 15) is 0 Å². The van der Waals surface area contributed by atoms with E-state index in [2.05, 4.69) is 31.2 Å². The Morgan fingerprint density at radius 1 is 0.944 bits per heavy atom. The molecule has 1 spiro atoms. The molecule has 3 bridgehead atoms. The summed E-state index contributed by atoms with van der Waals surface area (Å²) in [7, 11) is 0. The fourth-order valence-corrected chi connectivity index (χ4v) is 6.60. The van der Waals surface area contributed by atoms with E-state index < -0.39 is 0 Å². The van der Waals surface area contributed by atoms with Gasteiger partial charge in [0, 0.05) is 0 Å². The first-order chi connectivity index (χ1) is 8.70. The molecule has 5 rings (SSSR count). The number of aryl methyl sites for hydroxylation is 1. The zero-order chi connectivity index (χ0) is 12.0. The lowest BCUT2D eigenvalue weighted by molar-refractivity contribution is -0.000160. The van der Waals surface area contributed by atoms with E-state index in [1.165, 1.54) is 24.8 Å². The van der Waals surface area contributed by atoms with Crippen LogP contribution in [0.4, 0.5) is 0 Å². The molecule has 18 heavy (non-hydrogen) atoms. The highest BCUT2D eigenvalue weighted by molar-refractivity contribution is 5.36. The molecule has 0 N–H and O–H groups in total. The molecule has 5 unspecified atom stereocenters. The van der Waals surface area contributed by atoms with Crippen molar-refractivity contribution in [2.24, 2.45) is 23.2 Å². The van der Waals surface area contributed by atoms with E-state index in [0.717, 1.165) is 23.2 Å². The maximum Gasteiger partial charge on any atom is -0.00360 e. The van der Waals surface area contributed by atoms with Crippen molar-refractivity contribution >= 4 is 0 Å². The molecule has 1 aromatic carbocycles. The first-order valence-electron chi connectivity index (χ1n) is 7.77. The molecule has 5 atom stereocenters.